The third-order valence-electron chi connectivity index (χ3n) is 4.13. The molecule has 2 nitrogen and oxygen atoms in total. The molecule has 0 saturated carbocycles. The zero-order valence-corrected chi connectivity index (χ0v) is 12.4. The molecular formula is C20H14FNO. The van der Waals surface area contributed by atoms with Crippen molar-refractivity contribution < 1.29 is 4.39 Å². The Morgan fingerprint density at radius 3 is 2.35 bits per heavy atom. The quantitative estimate of drug-likeness (QED) is 0.505. The van der Waals surface area contributed by atoms with Crippen molar-refractivity contribution in [3.63, 3.8) is 0 Å². The predicted molar refractivity (Wildman–Crippen MR) is 91.2 cm³/mol. The number of aromatic nitrogens is 1. The Bertz CT molecular complexity index is 1070. The third-order valence-corrected chi connectivity index (χ3v) is 4.13. The molecule has 4 rings (SSSR count). The van der Waals surface area contributed by atoms with Crippen LogP contribution in [0.3, 0.4) is 0 Å². The first-order valence-corrected chi connectivity index (χ1v) is 7.49. The highest BCUT2D eigenvalue weighted by molar-refractivity contribution is 6.05. The van der Waals surface area contributed by atoms with Crippen LogP contribution in [0.1, 0.15) is 5.56 Å². The smallest absolute Gasteiger partial charge is 0.259 e. The maximum Gasteiger partial charge on any atom is 0.259 e. The van der Waals surface area contributed by atoms with Gasteiger partial charge in [-0.1, -0.05) is 48.5 Å². The Kier molecular flexibility index (Phi) is 3.19. The molecule has 1 heterocycles. The SMILES string of the molecule is O=c1c2ccc(F)cc2c2ccccc2n1Cc1ccccc1. The normalized spacial score (nSPS) is 11.2. The first kappa shape index (κ1) is 13.7. The minimum Gasteiger partial charge on any atom is -0.303 e. The fourth-order valence-electron chi connectivity index (χ4n) is 3.04. The summed E-state index contributed by atoms with van der Waals surface area (Å²) >= 11 is 0. The zero-order valence-electron chi connectivity index (χ0n) is 12.4. The van der Waals surface area contributed by atoms with Crippen LogP contribution >= 0.6 is 0 Å². The maximum absolute atomic E-state index is 13.6. The standard InChI is InChI=1S/C20H14FNO/c21-15-10-11-17-18(12-15)16-8-4-5-9-19(16)22(20(17)23)13-14-6-2-1-3-7-14/h1-12H,13H2. The summed E-state index contributed by atoms with van der Waals surface area (Å²) in [5.41, 5.74) is 1.78. The van der Waals surface area contributed by atoms with Gasteiger partial charge in [-0.05, 0) is 35.2 Å². The molecule has 0 saturated heterocycles. The van der Waals surface area contributed by atoms with Crippen molar-refractivity contribution in [3.05, 3.63) is 94.5 Å². The van der Waals surface area contributed by atoms with E-state index in [9.17, 15) is 9.18 Å². The van der Waals surface area contributed by atoms with Gasteiger partial charge in [0.15, 0.2) is 0 Å². The molecule has 0 aliphatic heterocycles. The number of para-hydroxylation sites is 1. The second kappa shape index (κ2) is 5.36. The molecule has 0 aliphatic carbocycles. The van der Waals surface area contributed by atoms with Gasteiger partial charge in [0.1, 0.15) is 5.82 Å². The van der Waals surface area contributed by atoms with E-state index in [1.54, 1.807) is 10.6 Å². The van der Waals surface area contributed by atoms with Crippen LogP contribution < -0.4 is 5.56 Å². The van der Waals surface area contributed by atoms with Crippen molar-refractivity contribution in [3.8, 4) is 0 Å². The van der Waals surface area contributed by atoms with Gasteiger partial charge in [-0.3, -0.25) is 4.79 Å². The highest BCUT2D eigenvalue weighted by atomic mass is 19.1. The molecular weight excluding hydrogens is 289 g/mol. The van der Waals surface area contributed by atoms with Crippen molar-refractivity contribution in [1.29, 1.82) is 0 Å². The van der Waals surface area contributed by atoms with E-state index in [2.05, 4.69) is 0 Å². The molecule has 0 fully saturated rings. The molecule has 0 amide bonds. The van der Waals surface area contributed by atoms with Crippen LogP contribution in [0.2, 0.25) is 0 Å². The van der Waals surface area contributed by atoms with Gasteiger partial charge in [-0.25, -0.2) is 4.39 Å². The van der Waals surface area contributed by atoms with E-state index in [1.165, 1.54) is 12.1 Å². The van der Waals surface area contributed by atoms with Crippen LogP contribution in [0.15, 0.2) is 77.6 Å². The van der Waals surface area contributed by atoms with E-state index in [1.807, 2.05) is 54.6 Å². The van der Waals surface area contributed by atoms with Gasteiger partial charge >= 0.3 is 0 Å². The highest BCUT2D eigenvalue weighted by Crippen LogP contribution is 2.24. The van der Waals surface area contributed by atoms with E-state index in [-0.39, 0.29) is 11.4 Å². The molecule has 0 aliphatic rings. The topological polar surface area (TPSA) is 22.0 Å². The first-order chi connectivity index (χ1) is 11.2. The lowest BCUT2D eigenvalue weighted by Crippen LogP contribution is -2.21. The van der Waals surface area contributed by atoms with E-state index in [0.29, 0.717) is 17.3 Å². The summed E-state index contributed by atoms with van der Waals surface area (Å²) in [5, 5.41) is 2.09. The number of nitrogens with zero attached hydrogens (tertiary/aromatic N) is 1. The summed E-state index contributed by atoms with van der Waals surface area (Å²) in [6.45, 7) is 0.494. The molecule has 0 spiro atoms. The lowest BCUT2D eigenvalue weighted by atomic mass is 10.1. The van der Waals surface area contributed by atoms with Crippen LogP contribution in [0, 0.1) is 5.82 Å². The number of pyridine rings is 1. The summed E-state index contributed by atoms with van der Waals surface area (Å²) in [6, 6.07) is 21.8. The van der Waals surface area contributed by atoms with Gasteiger partial charge in [-0.15, -0.1) is 0 Å². The number of halogens is 1. The molecule has 3 aromatic carbocycles. The van der Waals surface area contributed by atoms with Crippen molar-refractivity contribution in [2.45, 2.75) is 6.54 Å². The van der Waals surface area contributed by atoms with Crippen molar-refractivity contribution in [1.82, 2.24) is 4.57 Å². The molecule has 0 bridgehead atoms. The third kappa shape index (κ3) is 2.30. The zero-order chi connectivity index (χ0) is 15.8. The summed E-state index contributed by atoms with van der Waals surface area (Å²) in [7, 11) is 0. The van der Waals surface area contributed by atoms with Crippen molar-refractivity contribution in [2.75, 3.05) is 0 Å². The van der Waals surface area contributed by atoms with E-state index in [0.717, 1.165) is 16.5 Å². The highest BCUT2D eigenvalue weighted by Gasteiger charge is 2.11. The Hall–Kier alpha value is -2.94. The number of hydrogen-bond acceptors (Lipinski definition) is 1. The van der Waals surface area contributed by atoms with Gasteiger partial charge in [0.05, 0.1) is 12.1 Å². The fourth-order valence-corrected chi connectivity index (χ4v) is 3.04. The monoisotopic (exact) mass is 303 g/mol. The molecule has 112 valence electrons. The van der Waals surface area contributed by atoms with Crippen LogP contribution in [-0.2, 0) is 6.54 Å². The number of hydrogen-bond donors (Lipinski definition) is 0. The predicted octanol–water partition coefficient (Wildman–Crippen LogP) is 4.34. The number of fused-ring (bicyclic) bond motifs is 3. The molecule has 4 aromatic rings. The van der Waals surface area contributed by atoms with Crippen molar-refractivity contribution >= 4 is 21.7 Å². The first-order valence-electron chi connectivity index (χ1n) is 7.49. The number of benzene rings is 3. The van der Waals surface area contributed by atoms with Crippen LogP contribution in [-0.4, -0.2) is 4.57 Å². The van der Waals surface area contributed by atoms with E-state index < -0.39 is 0 Å². The Balaban J connectivity index is 2.08. The Labute approximate surface area is 132 Å². The van der Waals surface area contributed by atoms with Gasteiger partial charge in [0.2, 0.25) is 0 Å². The lowest BCUT2D eigenvalue weighted by molar-refractivity contribution is 0.629. The molecule has 23 heavy (non-hydrogen) atoms. The molecule has 0 unspecified atom stereocenters. The average molecular weight is 303 g/mol. The molecule has 0 radical (unpaired) electrons. The van der Waals surface area contributed by atoms with E-state index >= 15 is 0 Å². The summed E-state index contributed by atoms with van der Waals surface area (Å²) < 4.78 is 15.4. The second-order valence-electron chi connectivity index (χ2n) is 5.58. The minimum atomic E-state index is -0.331. The van der Waals surface area contributed by atoms with Gasteiger partial charge in [-0.2, -0.15) is 0 Å². The van der Waals surface area contributed by atoms with Crippen LogP contribution in [0.5, 0.6) is 0 Å². The van der Waals surface area contributed by atoms with E-state index in [4.69, 9.17) is 0 Å². The molecule has 0 atom stereocenters. The molecule has 0 N–H and O–H groups in total. The molecule has 3 heteroatoms. The summed E-state index contributed by atoms with van der Waals surface area (Å²) in [4.78, 5) is 12.9. The van der Waals surface area contributed by atoms with Gasteiger partial charge in [0.25, 0.3) is 5.56 Å². The fraction of sp³-hybridized carbons (Fsp3) is 0.0500. The summed E-state index contributed by atoms with van der Waals surface area (Å²) in [5.74, 6) is -0.331. The largest absolute Gasteiger partial charge is 0.303 e. The average Bonchev–Trinajstić information content (AvgIpc) is 2.59. The number of rotatable bonds is 2. The van der Waals surface area contributed by atoms with Crippen molar-refractivity contribution in [2.24, 2.45) is 0 Å². The van der Waals surface area contributed by atoms with Crippen LogP contribution in [0.4, 0.5) is 4.39 Å². The minimum absolute atomic E-state index is 0.0949. The van der Waals surface area contributed by atoms with Gasteiger partial charge in [0, 0.05) is 10.8 Å². The Morgan fingerprint density at radius 1 is 0.783 bits per heavy atom. The molecule has 1 aromatic heterocycles. The van der Waals surface area contributed by atoms with Crippen LogP contribution in [0.25, 0.3) is 21.7 Å². The van der Waals surface area contributed by atoms with Gasteiger partial charge < -0.3 is 4.57 Å². The maximum atomic E-state index is 13.6. The lowest BCUT2D eigenvalue weighted by Gasteiger charge is -2.13. The summed E-state index contributed by atoms with van der Waals surface area (Å²) in [6.07, 6.45) is 0. The Morgan fingerprint density at radius 2 is 1.52 bits per heavy atom. The second-order valence-corrected chi connectivity index (χ2v) is 5.58.